The Morgan fingerprint density at radius 3 is 2.60 bits per heavy atom. The highest BCUT2D eigenvalue weighted by Crippen LogP contribution is 2.23. The number of rotatable bonds is 7. The van der Waals surface area contributed by atoms with Crippen LogP contribution in [0.2, 0.25) is 0 Å². The second kappa shape index (κ2) is 7.33. The summed E-state index contributed by atoms with van der Waals surface area (Å²) in [5.74, 6) is -1.73. The Hall–Kier alpha value is -2.30. The number of carboxylic acids is 2. The highest BCUT2D eigenvalue weighted by molar-refractivity contribution is 5.86. The van der Waals surface area contributed by atoms with E-state index in [0.717, 1.165) is 11.6 Å². The fourth-order valence-corrected chi connectivity index (χ4v) is 1.71. The molecule has 0 bridgehead atoms. The van der Waals surface area contributed by atoms with Crippen molar-refractivity contribution in [2.24, 2.45) is 0 Å². The predicted octanol–water partition coefficient (Wildman–Crippen LogP) is 2.72. The fraction of sp³-hybridized carbons (Fsp3) is 0.333. The van der Waals surface area contributed by atoms with Gasteiger partial charge in [0.25, 0.3) is 0 Å². The Kier molecular flexibility index (Phi) is 5.77. The number of carboxylic acid groups (broad SMARTS) is 2. The molecule has 2 N–H and O–H groups in total. The molecule has 0 aromatic heterocycles. The summed E-state index contributed by atoms with van der Waals surface area (Å²) in [6.45, 7) is 3.74. The SMILES string of the molecule is CCCC(Oc1ccc(C)cc1/C=C/C(=O)O)C(=O)O. The normalized spacial score (nSPS) is 12.3. The molecule has 5 nitrogen and oxygen atoms in total. The van der Waals surface area contributed by atoms with Crippen LogP contribution in [0.1, 0.15) is 30.9 Å². The van der Waals surface area contributed by atoms with Gasteiger partial charge in [-0.3, -0.25) is 0 Å². The molecular formula is C15H18O5. The Morgan fingerprint density at radius 2 is 2.05 bits per heavy atom. The predicted molar refractivity (Wildman–Crippen MR) is 74.8 cm³/mol. The lowest BCUT2D eigenvalue weighted by Crippen LogP contribution is -2.27. The lowest BCUT2D eigenvalue weighted by molar-refractivity contribution is -0.145. The fourth-order valence-electron chi connectivity index (χ4n) is 1.71. The first kappa shape index (κ1) is 15.8. The van der Waals surface area contributed by atoms with E-state index in [-0.39, 0.29) is 0 Å². The molecule has 0 aliphatic heterocycles. The number of hydrogen-bond donors (Lipinski definition) is 2. The molecule has 0 radical (unpaired) electrons. The number of benzene rings is 1. The highest BCUT2D eigenvalue weighted by atomic mass is 16.5. The lowest BCUT2D eigenvalue weighted by atomic mass is 10.1. The van der Waals surface area contributed by atoms with Gasteiger partial charge in [0.2, 0.25) is 0 Å². The summed E-state index contributed by atoms with van der Waals surface area (Å²) in [5, 5.41) is 17.8. The van der Waals surface area contributed by atoms with Crippen LogP contribution in [0.4, 0.5) is 0 Å². The van der Waals surface area contributed by atoms with Crippen molar-refractivity contribution < 1.29 is 24.5 Å². The van der Waals surface area contributed by atoms with E-state index in [1.807, 2.05) is 13.8 Å². The monoisotopic (exact) mass is 278 g/mol. The van der Waals surface area contributed by atoms with Crippen molar-refractivity contribution in [2.45, 2.75) is 32.8 Å². The van der Waals surface area contributed by atoms with Crippen LogP contribution in [0.5, 0.6) is 5.75 Å². The standard InChI is InChI=1S/C15H18O5/c1-3-4-13(15(18)19)20-12-7-5-10(2)9-11(12)6-8-14(16)17/h5-9,13H,3-4H2,1-2H3,(H,16,17)(H,18,19)/b8-6+. The van der Waals surface area contributed by atoms with E-state index in [2.05, 4.69) is 0 Å². The molecule has 0 spiro atoms. The topological polar surface area (TPSA) is 83.8 Å². The van der Waals surface area contributed by atoms with Crippen molar-refractivity contribution in [2.75, 3.05) is 0 Å². The van der Waals surface area contributed by atoms with Crippen LogP contribution < -0.4 is 4.74 Å². The quantitative estimate of drug-likeness (QED) is 0.749. The van der Waals surface area contributed by atoms with Crippen LogP contribution >= 0.6 is 0 Å². The average molecular weight is 278 g/mol. The summed E-state index contributed by atoms with van der Waals surface area (Å²) in [6, 6.07) is 5.19. The summed E-state index contributed by atoms with van der Waals surface area (Å²) < 4.78 is 5.49. The van der Waals surface area contributed by atoms with E-state index in [9.17, 15) is 9.59 Å². The molecule has 0 heterocycles. The molecule has 1 atom stereocenters. The van der Waals surface area contributed by atoms with Gasteiger partial charge in [-0.2, -0.15) is 0 Å². The Morgan fingerprint density at radius 1 is 1.35 bits per heavy atom. The molecule has 20 heavy (non-hydrogen) atoms. The number of hydrogen-bond acceptors (Lipinski definition) is 3. The van der Waals surface area contributed by atoms with Gasteiger partial charge in [-0.1, -0.05) is 25.0 Å². The molecular weight excluding hydrogens is 260 g/mol. The van der Waals surface area contributed by atoms with Gasteiger partial charge in [0.05, 0.1) is 0 Å². The third-order valence-corrected chi connectivity index (χ3v) is 2.67. The maximum atomic E-state index is 11.1. The molecule has 1 unspecified atom stereocenters. The van der Waals surface area contributed by atoms with Crippen LogP contribution in [0.3, 0.4) is 0 Å². The maximum Gasteiger partial charge on any atom is 0.344 e. The molecule has 0 fully saturated rings. The van der Waals surface area contributed by atoms with Gasteiger partial charge in [0.1, 0.15) is 5.75 Å². The molecule has 1 aromatic rings. The first-order chi connectivity index (χ1) is 9.43. The third-order valence-electron chi connectivity index (χ3n) is 2.67. The molecule has 0 saturated heterocycles. The minimum Gasteiger partial charge on any atom is -0.479 e. The summed E-state index contributed by atoms with van der Waals surface area (Å²) in [4.78, 5) is 21.7. The second-order valence-electron chi connectivity index (χ2n) is 4.45. The van der Waals surface area contributed by atoms with Crippen LogP contribution in [-0.4, -0.2) is 28.3 Å². The molecule has 0 aliphatic carbocycles. The molecule has 5 heteroatoms. The smallest absolute Gasteiger partial charge is 0.344 e. The van der Waals surface area contributed by atoms with Crippen LogP contribution in [0.25, 0.3) is 6.08 Å². The van der Waals surface area contributed by atoms with Crippen molar-refractivity contribution in [3.8, 4) is 5.75 Å². The first-order valence-electron chi connectivity index (χ1n) is 6.35. The number of ether oxygens (including phenoxy) is 1. The van der Waals surface area contributed by atoms with E-state index in [0.29, 0.717) is 24.2 Å². The first-order valence-corrected chi connectivity index (χ1v) is 6.35. The zero-order valence-electron chi connectivity index (χ0n) is 11.5. The van der Waals surface area contributed by atoms with Crippen molar-refractivity contribution in [1.29, 1.82) is 0 Å². The van der Waals surface area contributed by atoms with Crippen LogP contribution in [0, 0.1) is 6.92 Å². The van der Waals surface area contributed by atoms with E-state index in [4.69, 9.17) is 14.9 Å². The largest absolute Gasteiger partial charge is 0.479 e. The molecule has 0 saturated carbocycles. The molecule has 1 aromatic carbocycles. The Labute approximate surface area is 117 Å². The molecule has 108 valence electrons. The van der Waals surface area contributed by atoms with E-state index < -0.39 is 18.0 Å². The molecule has 1 rings (SSSR count). The molecule has 0 aliphatic rings. The van der Waals surface area contributed by atoms with Gasteiger partial charge < -0.3 is 14.9 Å². The van der Waals surface area contributed by atoms with E-state index in [1.165, 1.54) is 6.08 Å². The number of aryl methyl sites for hydroxylation is 1. The zero-order valence-corrected chi connectivity index (χ0v) is 11.5. The second-order valence-corrected chi connectivity index (χ2v) is 4.45. The summed E-state index contributed by atoms with van der Waals surface area (Å²) in [7, 11) is 0. The van der Waals surface area contributed by atoms with Gasteiger partial charge in [-0.05, 0) is 31.6 Å². The minimum atomic E-state index is -1.07. The summed E-state index contributed by atoms with van der Waals surface area (Å²) in [5.41, 5.74) is 1.49. The third kappa shape index (κ3) is 4.76. The van der Waals surface area contributed by atoms with Crippen molar-refractivity contribution >= 4 is 18.0 Å². The van der Waals surface area contributed by atoms with Crippen LogP contribution in [0.15, 0.2) is 24.3 Å². The van der Waals surface area contributed by atoms with Crippen molar-refractivity contribution in [3.05, 3.63) is 35.4 Å². The summed E-state index contributed by atoms with van der Waals surface area (Å²) >= 11 is 0. The van der Waals surface area contributed by atoms with Gasteiger partial charge in [0, 0.05) is 11.6 Å². The zero-order chi connectivity index (χ0) is 15.1. The van der Waals surface area contributed by atoms with Crippen LogP contribution in [-0.2, 0) is 9.59 Å². The lowest BCUT2D eigenvalue weighted by Gasteiger charge is -2.16. The Balaban J connectivity index is 3.04. The van der Waals surface area contributed by atoms with Gasteiger partial charge >= 0.3 is 11.9 Å². The van der Waals surface area contributed by atoms with Crippen molar-refractivity contribution in [3.63, 3.8) is 0 Å². The van der Waals surface area contributed by atoms with Gasteiger partial charge in [-0.15, -0.1) is 0 Å². The van der Waals surface area contributed by atoms with Gasteiger partial charge in [-0.25, -0.2) is 9.59 Å². The van der Waals surface area contributed by atoms with E-state index in [1.54, 1.807) is 18.2 Å². The van der Waals surface area contributed by atoms with E-state index >= 15 is 0 Å². The summed E-state index contributed by atoms with van der Waals surface area (Å²) in [6.07, 6.45) is 2.54. The highest BCUT2D eigenvalue weighted by Gasteiger charge is 2.19. The van der Waals surface area contributed by atoms with Crippen molar-refractivity contribution in [1.82, 2.24) is 0 Å². The maximum absolute atomic E-state index is 11.1. The number of aliphatic carboxylic acids is 2. The number of carbonyl (C=O) groups is 2. The average Bonchev–Trinajstić information content (AvgIpc) is 2.37. The van der Waals surface area contributed by atoms with Gasteiger partial charge in [0.15, 0.2) is 6.10 Å². The minimum absolute atomic E-state index is 0.369. The Bertz CT molecular complexity index is 519. The molecule has 0 amide bonds.